The van der Waals surface area contributed by atoms with Crippen molar-refractivity contribution in [3.63, 3.8) is 0 Å². The number of para-hydroxylation sites is 2. The molecule has 0 saturated carbocycles. The van der Waals surface area contributed by atoms with Crippen LogP contribution < -0.4 is 10.2 Å². The molecule has 6 heteroatoms. The monoisotopic (exact) mass is 332 g/mol. The van der Waals surface area contributed by atoms with Gasteiger partial charge in [-0.05, 0) is 19.1 Å². The fourth-order valence-corrected chi connectivity index (χ4v) is 2.99. The molecule has 2 aromatic carbocycles. The Morgan fingerprint density at radius 2 is 1.64 bits per heavy atom. The maximum atomic E-state index is 12.8. The molecule has 25 heavy (non-hydrogen) atoms. The molecule has 0 radical (unpaired) electrons. The van der Waals surface area contributed by atoms with Gasteiger partial charge >= 0.3 is 5.91 Å². The van der Waals surface area contributed by atoms with Crippen LogP contribution >= 0.6 is 0 Å². The van der Waals surface area contributed by atoms with Crippen molar-refractivity contribution in [3.05, 3.63) is 70.9 Å². The third kappa shape index (κ3) is 2.11. The minimum absolute atomic E-state index is 0.209. The van der Waals surface area contributed by atoms with Crippen LogP contribution in [-0.4, -0.2) is 23.4 Å². The van der Waals surface area contributed by atoms with Gasteiger partial charge in [0.05, 0.1) is 11.4 Å². The van der Waals surface area contributed by atoms with Crippen LogP contribution in [0.15, 0.2) is 59.8 Å². The lowest BCUT2D eigenvalue weighted by molar-refractivity contribution is -0.132. The Hall–Kier alpha value is -3.54. The molecule has 2 aliphatic rings. The van der Waals surface area contributed by atoms with E-state index in [-0.39, 0.29) is 16.8 Å². The van der Waals surface area contributed by atoms with E-state index in [1.165, 1.54) is 0 Å². The molecule has 2 heterocycles. The fourth-order valence-electron chi connectivity index (χ4n) is 2.99. The maximum Gasteiger partial charge on any atom is 0.304 e. The molecule has 2 amide bonds. The summed E-state index contributed by atoms with van der Waals surface area (Å²) in [6.07, 6.45) is 0. The number of hydrogen-bond acceptors (Lipinski definition) is 4. The molecular weight excluding hydrogens is 320 g/mol. The van der Waals surface area contributed by atoms with Crippen molar-refractivity contribution in [2.75, 3.05) is 10.2 Å². The Morgan fingerprint density at radius 1 is 0.960 bits per heavy atom. The molecule has 0 saturated heterocycles. The topological polar surface area (TPSA) is 83.6 Å². The van der Waals surface area contributed by atoms with E-state index >= 15 is 0 Å². The van der Waals surface area contributed by atoms with E-state index < -0.39 is 23.4 Å². The second-order valence-corrected chi connectivity index (χ2v) is 5.86. The number of ketones is 2. The van der Waals surface area contributed by atoms with Crippen LogP contribution in [0.1, 0.15) is 15.9 Å². The molecule has 0 atom stereocenters. The Morgan fingerprint density at radius 3 is 2.36 bits per heavy atom. The van der Waals surface area contributed by atoms with Crippen LogP contribution in [-0.2, 0) is 14.4 Å². The van der Waals surface area contributed by atoms with Gasteiger partial charge in [0, 0.05) is 5.56 Å². The molecule has 1 N–H and O–H groups in total. The standard InChI is InChI=1S/C19H12N2O4/c1-10-6-8-11(9-7-10)16(22)14-15-18(24)20-12-4-2-3-5-13(12)21(15)19(25)17(14)23/h2-9H,1H3,(H,20,24). The van der Waals surface area contributed by atoms with Crippen molar-refractivity contribution in [2.45, 2.75) is 6.92 Å². The molecule has 0 aromatic heterocycles. The molecule has 0 bridgehead atoms. The number of benzene rings is 2. The molecule has 0 spiro atoms. The number of nitrogens with zero attached hydrogens (tertiary/aromatic N) is 1. The number of carbonyl (C=O) groups is 4. The lowest BCUT2D eigenvalue weighted by Gasteiger charge is -2.27. The van der Waals surface area contributed by atoms with Gasteiger partial charge in [-0.25, -0.2) is 0 Å². The third-order valence-corrected chi connectivity index (χ3v) is 4.23. The van der Waals surface area contributed by atoms with Gasteiger partial charge < -0.3 is 5.32 Å². The van der Waals surface area contributed by atoms with Crippen molar-refractivity contribution in [1.29, 1.82) is 0 Å². The maximum absolute atomic E-state index is 12.8. The van der Waals surface area contributed by atoms with E-state index in [1.54, 1.807) is 48.5 Å². The fraction of sp³-hybridized carbons (Fsp3) is 0.0526. The number of nitrogens with one attached hydrogen (secondary N) is 1. The first-order chi connectivity index (χ1) is 12.0. The number of Topliss-reactive ketones (excluding diaryl/α,β-unsaturated/α-hetero) is 2. The zero-order valence-corrected chi connectivity index (χ0v) is 13.2. The smallest absolute Gasteiger partial charge is 0.304 e. The summed E-state index contributed by atoms with van der Waals surface area (Å²) < 4.78 is 0. The van der Waals surface area contributed by atoms with Gasteiger partial charge in [-0.2, -0.15) is 0 Å². The third-order valence-electron chi connectivity index (χ3n) is 4.23. The van der Waals surface area contributed by atoms with Gasteiger partial charge in [-0.3, -0.25) is 24.1 Å². The summed E-state index contributed by atoms with van der Waals surface area (Å²) in [4.78, 5) is 51.2. The Kier molecular flexibility index (Phi) is 3.15. The van der Waals surface area contributed by atoms with Gasteiger partial charge in [0.2, 0.25) is 0 Å². The number of anilines is 2. The molecular formula is C19H12N2O4. The summed E-state index contributed by atoms with van der Waals surface area (Å²) in [5.74, 6) is -3.14. The molecule has 4 rings (SSSR count). The number of hydrogen-bond donors (Lipinski definition) is 1. The van der Waals surface area contributed by atoms with Crippen molar-refractivity contribution in [2.24, 2.45) is 0 Å². The van der Waals surface area contributed by atoms with Crippen LogP contribution in [0.5, 0.6) is 0 Å². The number of carbonyl (C=O) groups excluding carboxylic acids is 4. The van der Waals surface area contributed by atoms with Gasteiger partial charge in [0.15, 0.2) is 5.78 Å². The number of aryl methyl sites for hydroxylation is 1. The van der Waals surface area contributed by atoms with Crippen LogP contribution in [0, 0.1) is 6.92 Å². The minimum Gasteiger partial charge on any atom is -0.319 e. The number of rotatable bonds is 2. The molecule has 2 aromatic rings. The van der Waals surface area contributed by atoms with Crippen molar-refractivity contribution in [3.8, 4) is 0 Å². The zero-order valence-electron chi connectivity index (χ0n) is 13.2. The lowest BCUT2D eigenvalue weighted by Crippen LogP contribution is -2.37. The van der Waals surface area contributed by atoms with Crippen LogP contribution in [0.25, 0.3) is 0 Å². The van der Waals surface area contributed by atoms with Crippen LogP contribution in [0.3, 0.4) is 0 Å². The summed E-state index contributed by atoms with van der Waals surface area (Å²) in [6.45, 7) is 1.87. The Bertz CT molecular complexity index is 1000. The van der Waals surface area contributed by atoms with Gasteiger partial charge in [0.1, 0.15) is 11.3 Å². The van der Waals surface area contributed by atoms with Crippen LogP contribution in [0.4, 0.5) is 11.4 Å². The second-order valence-electron chi connectivity index (χ2n) is 5.86. The predicted octanol–water partition coefficient (Wildman–Crippen LogP) is 2.00. The van der Waals surface area contributed by atoms with E-state index in [0.717, 1.165) is 10.5 Å². The molecule has 2 aliphatic heterocycles. The summed E-state index contributed by atoms with van der Waals surface area (Å²) in [5, 5.41) is 2.62. The van der Waals surface area contributed by atoms with Crippen LogP contribution in [0.2, 0.25) is 0 Å². The highest BCUT2D eigenvalue weighted by molar-refractivity contribution is 6.60. The first-order valence-electron chi connectivity index (χ1n) is 7.64. The summed E-state index contributed by atoms with van der Waals surface area (Å²) in [5.41, 5.74) is 1.40. The van der Waals surface area contributed by atoms with Crippen molar-refractivity contribution < 1.29 is 19.2 Å². The summed E-state index contributed by atoms with van der Waals surface area (Å²) in [7, 11) is 0. The molecule has 0 unspecified atom stereocenters. The molecule has 0 fully saturated rings. The van der Waals surface area contributed by atoms with Gasteiger partial charge in [0.25, 0.3) is 11.7 Å². The van der Waals surface area contributed by atoms with E-state index in [0.29, 0.717) is 11.4 Å². The van der Waals surface area contributed by atoms with E-state index in [9.17, 15) is 19.2 Å². The highest BCUT2D eigenvalue weighted by Crippen LogP contribution is 2.39. The number of amides is 2. The van der Waals surface area contributed by atoms with E-state index in [1.807, 2.05) is 6.92 Å². The van der Waals surface area contributed by atoms with E-state index in [2.05, 4.69) is 5.32 Å². The normalized spacial score (nSPS) is 15.9. The molecule has 0 aliphatic carbocycles. The predicted molar refractivity (Wildman–Crippen MR) is 90.1 cm³/mol. The largest absolute Gasteiger partial charge is 0.319 e. The van der Waals surface area contributed by atoms with Crippen molar-refractivity contribution >= 4 is 34.8 Å². The SMILES string of the molecule is Cc1ccc(C(=O)C2=C3C(=O)Nc4ccccc4N3C(=O)C2=O)cc1. The first-order valence-corrected chi connectivity index (χ1v) is 7.64. The highest BCUT2D eigenvalue weighted by Gasteiger charge is 2.48. The second kappa shape index (κ2) is 5.24. The first kappa shape index (κ1) is 15.0. The average Bonchev–Trinajstić information content (AvgIpc) is 2.88. The zero-order chi connectivity index (χ0) is 17.7. The summed E-state index contributed by atoms with van der Waals surface area (Å²) in [6, 6.07) is 13.2. The Labute approximate surface area is 142 Å². The average molecular weight is 332 g/mol. The van der Waals surface area contributed by atoms with Gasteiger partial charge in [-0.15, -0.1) is 0 Å². The quantitative estimate of drug-likeness (QED) is 0.518. The Balaban J connectivity index is 1.90. The molecule has 6 nitrogen and oxygen atoms in total. The highest BCUT2D eigenvalue weighted by atomic mass is 16.2. The number of fused-ring (bicyclic) bond motifs is 3. The minimum atomic E-state index is -0.965. The van der Waals surface area contributed by atoms with Crippen molar-refractivity contribution in [1.82, 2.24) is 0 Å². The van der Waals surface area contributed by atoms with Gasteiger partial charge in [-0.1, -0.05) is 42.0 Å². The summed E-state index contributed by atoms with van der Waals surface area (Å²) >= 11 is 0. The molecule has 122 valence electrons. The lowest BCUT2D eigenvalue weighted by atomic mass is 9.98. The van der Waals surface area contributed by atoms with E-state index in [4.69, 9.17) is 0 Å².